The van der Waals surface area contributed by atoms with Gasteiger partial charge in [0.05, 0.1) is 18.8 Å². The second kappa shape index (κ2) is 6.66. The van der Waals surface area contributed by atoms with Crippen molar-refractivity contribution >= 4 is 11.6 Å². The largest absolute Gasteiger partial charge is 0.477 e. The van der Waals surface area contributed by atoms with Crippen molar-refractivity contribution in [1.82, 2.24) is 19.9 Å². The first-order chi connectivity index (χ1) is 11.6. The molecule has 6 nitrogen and oxygen atoms in total. The molecule has 0 spiro atoms. The molecule has 1 aromatic carbocycles. The Morgan fingerprint density at radius 2 is 2.04 bits per heavy atom. The highest BCUT2D eigenvalue weighted by Crippen LogP contribution is 2.14. The van der Waals surface area contributed by atoms with Gasteiger partial charge in [-0.05, 0) is 37.6 Å². The molecule has 2 heterocycles. The Hall–Kier alpha value is -2.96. The summed E-state index contributed by atoms with van der Waals surface area (Å²) in [6, 6.07) is 9.17. The molecule has 1 amide bonds. The lowest BCUT2D eigenvalue weighted by atomic mass is 10.1. The highest BCUT2D eigenvalue weighted by molar-refractivity contribution is 5.93. The van der Waals surface area contributed by atoms with E-state index in [0.29, 0.717) is 18.1 Å². The van der Waals surface area contributed by atoms with Crippen LogP contribution in [-0.4, -0.2) is 27.1 Å². The highest BCUT2D eigenvalue weighted by Gasteiger charge is 2.15. The maximum absolute atomic E-state index is 13.0. The van der Waals surface area contributed by atoms with Crippen LogP contribution in [0, 0.1) is 5.82 Å². The van der Waals surface area contributed by atoms with Crippen LogP contribution in [-0.2, 0) is 0 Å². The third-order valence-corrected chi connectivity index (χ3v) is 3.54. The first-order valence-electron chi connectivity index (χ1n) is 7.62. The minimum Gasteiger partial charge on any atom is -0.477 e. The van der Waals surface area contributed by atoms with Gasteiger partial charge >= 0.3 is 0 Å². The quantitative estimate of drug-likeness (QED) is 0.782. The minimum atomic E-state index is -0.324. The molecule has 0 radical (unpaired) electrons. The Bertz CT molecular complexity index is 861. The number of halogens is 1. The number of aromatic nitrogens is 3. The van der Waals surface area contributed by atoms with E-state index in [4.69, 9.17) is 4.74 Å². The van der Waals surface area contributed by atoms with Crippen molar-refractivity contribution in [2.45, 2.75) is 19.9 Å². The number of carbonyl (C=O) groups excluding carboxylic acids is 1. The lowest BCUT2D eigenvalue weighted by Crippen LogP contribution is -2.26. The van der Waals surface area contributed by atoms with Gasteiger partial charge < -0.3 is 10.1 Å². The van der Waals surface area contributed by atoms with Crippen LogP contribution in [0.5, 0.6) is 5.88 Å². The Morgan fingerprint density at radius 1 is 1.29 bits per heavy atom. The summed E-state index contributed by atoms with van der Waals surface area (Å²) < 4.78 is 19.8. The van der Waals surface area contributed by atoms with Crippen molar-refractivity contribution in [2.75, 3.05) is 6.61 Å². The maximum atomic E-state index is 13.0. The van der Waals surface area contributed by atoms with Gasteiger partial charge in [-0.3, -0.25) is 4.79 Å². The lowest BCUT2D eigenvalue weighted by molar-refractivity contribution is 0.0935. The van der Waals surface area contributed by atoms with Crippen molar-refractivity contribution in [2.24, 2.45) is 0 Å². The summed E-state index contributed by atoms with van der Waals surface area (Å²) in [4.78, 5) is 16.6. The standard InChI is InChI=1S/C17H17FN4O2/c1-3-24-16-9-8-15-20-14(10-22(15)21-16)17(23)19-11(2)12-4-6-13(18)7-5-12/h4-11H,3H2,1-2H3,(H,19,23). The molecule has 0 aliphatic carbocycles. The van der Waals surface area contributed by atoms with Crippen molar-refractivity contribution in [1.29, 1.82) is 0 Å². The average Bonchev–Trinajstić information content (AvgIpc) is 2.99. The molecule has 0 aliphatic rings. The monoisotopic (exact) mass is 328 g/mol. The number of rotatable bonds is 5. The van der Waals surface area contributed by atoms with Crippen LogP contribution in [0.2, 0.25) is 0 Å². The van der Waals surface area contributed by atoms with Gasteiger partial charge in [0.1, 0.15) is 11.5 Å². The summed E-state index contributed by atoms with van der Waals surface area (Å²) in [5.41, 5.74) is 1.62. The third kappa shape index (κ3) is 3.34. The number of imidazole rings is 1. The number of hydrogen-bond donors (Lipinski definition) is 1. The first kappa shape index (κ1) is 15.9. The number of ether oxygens (including phenoxy) is 1. The number of nitrogens with one attached hydrogen (secondary N) is 1. The van der Waals surface area contributed by atoms with Crippen molar-refractivity contribution in [3.05, 3.63) is 59.7 Å². The van der Waals surface area contributed by atoms with Crippen LogP contribution < -0.4 is 10.1 Å². The fraction of sp³-hybridized carbons (Fsp3) is 0.235. The van der Waals surface area contributed by atoms with Gasteiger partial charge in [-0.25, -0.2) is 13.9 Å². The summed E-state index contributed by atoms with van der Waals surface area (Å²) in [6.07, 6.45) is 1.55. The normalized spacial score (nSPS) is 12.1. The topological polar surface area (TPSA) is 68.5 Å². The molecule has 24 heavy (non-hydrogen) atoms. The molecule has 7 heteroatoms. The number of carbonyl (C=O) groups is 1. The van der Waals surface area contributed by atoms with Crippen LogP contribution >= 0.6 is 0 Å². The fourth-order valence-corrected chi connectivity index (χ4v) is 2.30. The van der Waals surface area contributed by atoms with Gasteiger partial charge in [-0.2, -0.15) is 0 Å². The van der Waals surface area contributed by atoms with Crippen LogP contribution in [0.25, 0.3) is 5.65 Å². The average molecular weight is 328 g/mol. The van der Waals surface area contributed by atoms with Gasteiger partial charge in [0.15, 0.2) is 5.65 Å². The fourth-order valence-electron chi connectivity index (χ4n) is 2.30. The molecule has 1 atom stereocenters. The van der Waals surface area contributed by atoms with Crippen molar-refractivity contribution in [3.63, 3.8) is 0 Å². The number of fused-ring (bicyclic) bond motifs is 1. The molecule has 0 saturated heterocycles. The zero-order valence-corrected chi connectivity index (χ0v) is 13.4. The molecular formula is C17H17FN4O2. The van der Waals surface area contributed by atoms with Crippen molar-refractivity contribution in [3.8, 4) is 5.88 Å². The van der Waals surface area contributed by atoms with E-state index in [1.807, 2.05) is 13.8 Å². The second-order valence-electron chi connectivity index (χ2n) is 5.28. The van der Waals surface area contributed by atoms with Crippen molar-refractivity contribution < 1.29 is 13.9 Å². The molecule has 0 fully saturated rings. The zero-order valence-electron chi connectivity index (χ0n) is 13.4. The molecule has 2 aromatic heterocycles. The Kier molecular flexibility index (Phi) is 4.41. The van der Waals surface area contributed by atoms with Gasteiger partial charge in [-0.15, -0.1) is 5.10 Å². The summed E-state index contributed by atoms with van der Waals surface area (Å²) in [5, 5.41) is 7.06. The molecule has 0 aliphatic heterocycles. The van der Waals surface area contributed by atoms with E-state index >= 15 is 0 Å². The van der Waals surface area contributed by atoms with E-state index in [-0.39, 0.29) is 23.5 Å². The van der Waals surface area contributed by atoms with E-state index in [1.54, 1.807) is 30.5 Å². The SMILES string of the molecule is CCOc1ccc2nc(C(=O)NC(C)c3ccc(F)cc3)cn2n1. The van der Waals surface area contributed by atoms with Crippen LogP contribution in [0.4, 0.5) is 4.39 Å². The number of hydrogen-bond acceptors (Lipinski definition) is 4. The molecule has 1 N–H and O–H groups in total. The Labute approximate surface area is 138 Å². The smallest absolute Gasteiger partial charge is 0.272 e. The first-order valence-corrected chi connectivity index (χ1v) is 7.62. The van der Waals surface area contributed by atoms with E-state index in [2.05, 4.69) is 15.4 Å². The Morgan fingerprint density at radius 3 is 2.75 bits per heavy atom. The highest BCUT2D eigenvalue weighted by atomic mass is 19.1. The number of amides is 1. The molecular weight excluding hydrogens is 311 g/mol. The minimum absolute atomic E-state index is 0.255. The number of benzene rings is 1. The molecule has 124 valence electrons. The number of nitrogens with zero attached hydrogens (tertiary/aromatic N) is 3. The van der Waals surface area contributed by atoms with Crippen LogP contribution in [0.15, 0.2) is 42.6 Å². The summed E-state index contributed by atoms with van der Waals surface area (Å²) in [7, 11) is 0. The van der Waals surface area contributed by atoms with E-state index < -0.39 is 0 Å². The molecule has 3 rings (SSSR count). The zero-order chi connectivity index (χ0) is 17.1. The summed E-state index contributed by atoms with van der Waals surface area (Å²) >= 11 is 0. The molecule has 0 saturated carbocycles. The van der Waals surface area contributed by atoms with Crippen LogP contribution in [0.3, 0.4) is 0 Å². The predicted molar refractivity (Wildman–Crippen MR) is 86.4 cm³/mol. The third-order valence-electron chi connectivity index (χ3n) is 3.54. The predicted octanol–water partition coefficient (Wildman–Crippen LogP) is 2.76. The Balaban J connectivity index is 1.76. The van der Waals surface area contributed by atoms with E-state index in [0.717, 1.165) is 5.56 Å². The van der Waals surface area contributed by atoms with E-state index in [9.17, 15) is 9.18 Å². The van der Waals surface area contributed by atoms with Crippen LogP contribution in [0.1, 0.15) is 35.9 Å². The molecule has 3 aromatic rings. The molecule has 0 bridgehead atoms. The van der Waals surface area contributed by atoms with Gasteiger partial charge in [0.2, 0.25) is 5.88 Å². The maximum Gasteiger partial charge on any atom is 0.272 e. The molecule has 1 unspecified atom stereocenters. The summed E-state index contributed by atoms with van der Waals surface area (Å²) in [6.45, 7) is 4.21. The second-order valence-corrected chi connectivity index (χ2v) is 5.28. The lowest BCUT2D eigenvalue weighted by Gasteiger charge is -2.13. The summed E-state index contributed by atoms with van der Waals surface area (Å²) in [5.74, 6) is -0.168. The van der Waals surface area contributed by atoms with E-state index in [1.165, 1.54) is 16.6 Å². The van der Waals surface area contributed by atoms with Gasteiger partial charge in [0, 0.05) is 6.07 Å². The van der Waals surface area contributed by atoms with Gasteiger partial charge in [0.25, 0.3) is 5.91 Å². The van der Waals surface area contributed by atoms with Gasteiger partial charge in [-0.1, -0.05) is 12.1 Å².